The van der Waals surface area contributed by atoms with Gasteiger partial charge in [-0.15, -0.1) is 0 Å². The van der Waals surface area contributed by atoms with Gasteiger partial charge in [0.1, 0.15) is 11.5 Å². The Morgan fingerprint density at radius 3 is 2.40 bits per heavy atom. The number of methoxy groups -OCH3 is 1. The molecule has 14 heteroatoms. The number of carbonyl (C=O) groups is 1. The summed E-state index contributed by atoms with van der Waals surface area (Å²) in [6, 6.07) is 29.0. The molecule has 1 aliphatic heterocycles. The van der Waals surface area contributed by atoms with E-state index in [4.69, 9.17) is 29.8 Å². The van der Waals surface area contributed by atoms with E-state index in [1.165, 1.54) is 0 Å². The summed E-state index contributed by atoms with van der Waals surface area (Å²) in [6.07, 6.45) is 0.136. The van der Waals surface area contributed by atoms with Crippen LogP contribution < -0.4 is 20.3 Å². The van der Waals surface area contributed by atoms with Crippen LogP contribution in [-0.4, -0.2) is 49.3 Å². The zero-order chi connectivity index (χ0) is 35.2. The number of carbonyl (C=O) groups excluding carboxylic acids is 1. The van der Waals surface area contributed by atoms with Gasteiger partial charge in [-0.2, -0.15) is 0 Å². The molecule has 0 radical (unpaired) electrons. The highest BCUT2D eigenvalue weighted by Crippen LogP contribution is 2.45. The number of ether oxygens (including phenoxy) is 3. The van der Waals surface area contributed by atoms with Gasteiger partial charge in [0.15, 0.2) is 11.6 Å². The molecule has 4 aromatic rings. The molecule has 0 saturated carbocycles. The number of hydrazine groups is 1. The number of hydrogen-bond acceptors (Lipinski definition) is 9. The average molecular weight is 676 g/mol. The molecule has 4 aromatic carbocycles. The van der Waals surface area contributed by atoms with Crippen molar-refractivity contribution in [3.63, 3.8) is 0 Å². The Kier molecular flexibility index (Phi) is 12.3. The molecular formula is C36H37N9O5. The SMILES string of the molecule is COc1ccc(CCNNC(=O)[C@@]2(Cc3ccccc3CN=[N+]=[N-])N=C(c3ccc(OCCCO)cc3)O[C@H]2c2ccccc2N=[N+]=[N-])cc1. The van der Waals surface area contributed by atoms with Gasteiger partial charge >= 0.3 is 0 Å². The molecular weight excluding hydrogens is 638 g/mol. The fraction of sp³-hybridized carbons (Fsp3) is 0.278. The van der Waals surface area contributed by atoms with Crippen LogP contribution in [0.4, 0.5) is 5.69 Å². The van der Waals surface area contributed by atoms with E-state index < -0.39 is 17.6 Å². The summed E-state index contributed by atoms with van der Waals surface area (Å²) in [4.78, 5) is 25.6. The van der Waals surface area contributed by atoms with Gasteiger partial charge in [0.2, 0.25) is 5.90 Å². The Bertz CT molecular complexity index is 1890. The van der Waals surface area contributed by atoms with Crippen LogP contribution in [-0.2, 0) is 28.9 Å². The van der Waals surface area contributed by atoms with Gasteiger partial charge in [-0.1, -0.05) is 70.9 Å². The van der Waals surface area contributed by atoms with Crippen LogP contribution in [0.2, 0.25) is 0 Å². The Labute approximate surface area is 289 Å². The largest absolute Gasteiger partial charge is 0.497 e. The minimum atomic E-state index is -1.62. The van der Waals surface area contributed by atoms with Crippen molar-refractivity contribution in [2.75, 3.05) is 26.9 Å². The first-order chi connectivity index (χ1) is 24.5. The van der Waals surface area contributed by atoms with Crippen molar-refractivity contribution < 1.29 is 24.1 Å². The lowest BCUT2D eigenvalue weighted by Crippen LogP contribution is -2.54. The third kappa shape index (κ3) is 8.51. The van der Waals surface area contributed by atoms with Gasteiger partial charge in [-0.05, 0) is 70.6 Å². The Morgan fingerprint density at radius 2 is 1.68 bits per heavy atom. The number of nitrogens with zero attached hydrogens (tertiary/aromatic N) is 7. The van der Waals surface area contributed by atoms with E-state index in [0.29, 0.717) is 42.9 Å². The van der Waals surface area contributed by atoms with Crippen LogP contribution in [0.3, 0.4) is 0 Å². The van der Waals surface area contributed by atoms with E-state index in [1.54, 1.807) is 55.6 Å². The molecule has 3 N–H and O–H groups in total. The number of benzene rings is 4. The van der Waals surface area contributed by atoms with Gasteiger partial charge in [0.05, 0.1) is 20.3 Å². The standard InChI is InChI=1S/C36H37N9O5/c1-48-29-15-11-25(12-16-29)19-20-39-43-35(47)36(23-27-7-2-3-8-28(27)24-40-44-37)33(31-9-4-5-10-32(31)42-45-38)50-34(41-36)26-13-17-30(18-14-26)49-22-6-21-46/h2-5,7-18,33,39,46H,6,19-24H2,1H3,(H,43,47)/t33-,36-/m0/s1. The second-order valence-electron chi connectivity index (χ2n) is 11.4. The monoisotopic (exact) mass is 675 g/mol. The maximum atomic E-state index is 14.6. The van der Waals surface area contributed by atoms with E-state index in [9.17, 15) is 10.3 Å². The molecule has 14 nitrogen and oxygen atoms in total. The number of hydrogen-bond donors (Lipinski definition) is 3. The van der Waals surface area contributed by atoms with Gasteiger partial charge in [-0.3, -0.25) is 10.2 Å². The van der Waals surface area contributed by atoms with Crippen molar-refractivity contribution >= 4 is 17.5 Å². The lowest BCUT2D eigenvalue weighted by atomic mass is 9.80. The zero-order valence-electron chi connectivity index (χ0n) is 27.5. The summed E-state index contributed by atoms with van der Waals surface area (Å²) in [5.74, 6) is 1.07. The highest BCUT2D eigenvalue weighted by Gasteiger charge is 2.54. The van der Waals surface area contributed by atoms with Crippen molar-refractivity contribution in [1.29, 1.82) is 0 Å². The number of aliphatic hydroxyl groups is 1. The second kappa shape index (κ2) is 17.4. The van der Waals surface area contributed by atoms with E-state index in [-0.39, 0.29) is 31.2 Å². The highest BCUT2D eigenvalue weighted by atomic mass is 16.5. The smallest absolute Gasteiger partial charge is 0.266 e. The van der Waals surface area contributed by atoms with E-state index in [0.717, 1.165) is 22.4 Å². The average Bonchev–Trinajstić information content (AvgIpc) is 3.54. The van der Waals surface area contributed by atoms with Crippen molar-refractivity contribution in [2.45, 2.75) is 37.5 Å². The molecule has 0 saturated heterocycles. The summed E-state index contributed by atoms with van der Waals surface area (Å²) in [5.41, 5.74) is 26.6. The lowest BCUT2D eigenvalue weighted by Gasteiger charge is -2.32. The van der Waals surface area contributed by atoms with Crippen molar-refractivity contribution in [1.82, 2.24) is 10.9 Å². The topological polar surface area (TPSA) is 199 Å². The van der Waals surface area contributed by atoms with Crippen LogP contribution in [0.25, 0.3) is 20.9 Å². The predicted molar refractivity (Wildman–Crippen MR) is 188 cm³/mol. The van der Waals surface area contributed by atoms with Gasteiger partial charge in [-0.25, -0.2) is 10.4 Å². The molecule has 5 rings (SSSR count). The molecule has 0 aromatic heterocycles. The number of aliphatic hydroxyl groups excluding tert-OH is 1. The van der Waals surface area contributed by atoms with Crippen molar-refractivity contribution in [3.05, 3.63) is 146 Å². The van der Waals surface area contributed by atoms with Crippen molar-refractivity contribution in [3.8, 4) is 11.5 Å². The number of rotatable bonds is 17. The zero-order valence-corrected chi connectivity index (χ0v) is 27.5. The third-order valence-corrected chi connectivity index (χ3v) is 8.18. The number of nitrogens with one attached hydrogen (secondary N) is 2. The van der Waals surface area contributed by atoms with E-state index in [1.807, 2.05) is 48.5 Å². The number of azide groups is 2. The molecule has 0 unspecified atom stereocenters. The summed E-state index contributed by atoms with van der Waals surface area (Å²) in [7, 11) is 1.61. The van der Waals surface area contributed by atoms with E-state index in [2.05, 4.69) is 30.9 Å². The van der Waals surface area contributed by atoms with Gasteiger partial charge < -0.3 is 19.3 Å². The van der Waals surface area contributed by atoms with Crippen LogP contribution in [0.5, 0.6) is 11.5 Å². The Hall–Kier alpha value is -6.04. The molecule has 1 heterocycles. The maximum Gasteiger partial charge on any atom is 0.266 e. The molecule has 50 heavy (non-hydrogen) atoms. The number of amides is 1. The van der Waals surface area contributed by atoms with Gasteiger partial charge in [0, 0.05) is 52.6 Å². The van der Waals surface area contributed by atoms with Crippen molar-refractivity contribution in [2.24, 2.45) is 15.2 Å². The summed E-state index contributed by atoms with van der Waals surface area (Å²) in [6.45, 7) is 0.861. The van der Waals surface area contributed by atoms with E-state index >= 15 is 0 Å². The first kappa shape index (κ1) is 35.3. The van der Waals surface area contributed by atoms with Crippen LogP contribution >= 0.6 is 0 Å². The fourth-order valence-corrected chi connectivity index (χ4v) is 5.64. The van der Waals surface area contributed by atoms with Crippen LogP contribution in [0, 0.1) is 0 Å². The lowest BCUT2D eigenvalue weighted by molar-refractivity contribution is -0.130. The molecule has 0 aliphatic carbocycles. The molecule has 0 bridgehead atoms. The maximum absolute atomic E-state index is 14.6. The summed E-state index contributed by atoms with van der Waals surface area (Å²) >= 11 is 0. The summed E-state index contributed by atoms with van der Waals surface area (Å²) < 4.78 is 17.5. The quantitative estimate of drug-likeness (QED) is 0.0371. The van der Waals surface area contributed by atoms with Crippen LogP contribution in [0.1, 0.15) is 40.3 Å². The minimum Gasteiger partial charge on any atom is -0.497 e. The highest BCUT2D eigenvalue weighted by molar-refractivity contribution is 6.01. The normalized spacial score (nSPS) is 16.3. The molecule has 2 atom stereocenters. The molecule has 0 spiro atoms. The fourth-order valence-electron chi connectivity index (χ4n) is 5.64. The predicted octanol–water partition coefficient (Wildman–Crippen LogP) is 6.57. The second-order valence-corrected chi connectivity index (χ2v) is 11.4. The number of aliphatic imine (C=N–C) groups is 1. The third-order valence-electron chi connectivity index (χ3n) is 8.18. The van der Waals surface area contributed by atoms with Gasteiger partial charge in [0.25, 0.3) is 5.91 Å². The first-order valence-electron chi connectivity index (χ1n) is 16.0. The molecule has 1 amide bonds. The molecule has 256 valence electrons. The Morgan fingerprint density at radius 1 is 0.960 bits per heavy atom. The molecule has 0 fully saturated rings. The molecule has 1 aliphatic rings. The first-order valence-corrected chi connectivity index (χ1v) is 16.0. The Balaban J connectivity index is 1.55. The minimum absolute atomic E-state index is 0.0217. The summed E-state index contributed by atoms with van der Waals surface area (Å²) in [5, 5.41) is 16.8. The van der Waals surface area contributed by atoms with Crippen LogP contribution in [0.15, 0.2) is 112 Å².